The number of benzene rings is 1. The van der Waals surface area contributed by atoms with Gasteiger partial charge in [0, 0.05) is 19.1 Å². The summed E-state index contributed by atoms with van der Waals surface area (Å²) in [5.41, 5.74) is 0.709. The Morgan fingerprint density at radius 2 is 2.14 bits per heavy atom. The van der Waals surface area contributed by atoms with Crippen LogP contribution >= 0.6 is 0 Å². The van der Waals surface area contributed by atoms with E-state index in [1.165, 1.54) is 6.42 Å². The summed E-state index contributed by atoms with van der Waals surface area (Å²) < 4.78 is 12.3. The first-order valence-corrected chi connectivity index (χ1v) is 7.20. The zero-order chi connectivity index (χ0) is 14.9. The van der Waals surface area contributed by atoms with Crippen molar-refractivity contribution >= 4 is 10.9 Å². The van der Waals surface area contributed by atoms with Gasteiger partial charge in [0.1, 0.15) is 11.1 Å². The Balaban J connectivity index is 2.04. The van der Waals surface area contributed by atoms with E-state index in [2.05, 4.69) is 4.98 Å². The van der Waals surface area contributed by atoms with Gasteiger partial charge in [-0.05, 0) is 25.0 Å². The van der Waals surface area contributed by atoms with E-state index in [4.69, 9.17) is 9.47 Å². The molecule has 0 saturated heterocycles. The molecule has 0 spiro atoms. The number of nitrogens with zero attached hydrogens (tertiary/aromatic N) is 2. The molecule has 1 aliphatic carbocycles. The van der Waals surface area contributed by atoms with Gasteiger partial charge in [0.25, 0.3) is 5.56 Å². The highest BCUT2D eigenvalue weighted by atomic mass is 16.5. The average Bonchev–Trinajstić information content (AvgIpc) is 2.47. The highest BCUT2D eigenvalue weighted by Gasteiger charge is 2.37. The molecule has 0 unspecified atom stereocenters. The minimum Gasteiger partial charge on any atom is -0.496 e. The maximum Gasteiger partial charge on any atom is 0.264 e. The van der Waals surface area contributed by atoms with Crippen molar-refractivity contribution in [2.45, 2.75) is 25.8 Å². The molecule has 3 rings (SSSR count). The summed E-state index contributed by atoms with van der Waals surface area (Å²) in [5.74, 6) is 0.578. The molecule has 1 aromatic heterocycles. The average molecular weight is 288 g/mol. The minimum atomic E-state index is -0.0418. The Kier molecular flexibility index (Phi) is 3.68. The fourth-order valence-corrected chi connectivity index (χ4v) is 3.15. The zero-order valence-electron chi connectivity index (χ0n) is 12.5. The summed E-state index contributed by atoms with van der Waals surface area (Å²) in [4.78, 5) is 17.1. The first-order chi connectivity index (χ1) is 10.2. The van der Waals surface area contributed by atoms with E-state index in [1.54, 1.807) is 31.2 Å². The molecule has 0 atom stereocenters. The first kappa shape index (κ1) is 14.1. The largest absolute Gasteiger partial charge is 0.496 e. The predicted molar refractivity (Wildman–Crippen MR) is 80.7 cm³/mol. The number of hydrogen-bond donors (Lipinski definition) is 0. The van der Waals surface area contributed by atoms with E-state index >= 15 is 0 Å². The Morgan fingerprint density at radius 1 is 1.33 bits per heavy atom. The van der Waals surface area contributed by atoms with Crippen LogP contribution in [0.2, 0.25) is 0 Å². The van der Waals surface area contributed by atoms with E-state index in [-0.39, 0.29) is 11.0 Å². The molecule has 1 heterocycles. The van der Waals surface area contributed by atoms with Crippen molar-refractivity contribution < 1.29 is 9.47 Å². The molecule has 1 aromatic carbocycles. The topological polar surface area (TPSA) is 53.4 Å². The normalized spacial score (nSPS) is 16.7. The second-order valence-electron chi connectivity index (χ2n) is 5.82. The zero-order valence-corrected chi connectivity index (χ0v) is 12.5. The molecule has 112 valence electrons. The third kappa shape index (κ3) is 2.42. The molecule has 5 nitrogen and oxygen atoms in total. The second kappa shape index (κ2) is 5.48. The van der Waals surface area contributed by atoms with E-state index in [1.807, 2.05) is 12.1 Å². The number of fused-ring (bicyclic) bond motifs is 1. The van der Waals surface area contributed by atoms with Crippen LogP contribution < -0.4 is 10.3 Å². The fraction of sp³-hybridized carbons (Fsp3) is 0.500. The van der Waals surface area contributed by atoms with Gasteiger partial charge in [-0.2, -0.15) is 0 Å². The lowest BCUT2D eigenvalue weighted by atomic mass is 9.69. The van der Waals surface area contributed by atoms with Crippen molar-refractivity contribution in [3.05, 3.63) is 34.9 Å². The molecule has 1 aliphatic rings. The summed E-state index contributed by atoms with van der Waals surface area (Å²) in [6.07, 6.45) is 5.02. The SMILES string of the molecule is COCC1(Cn2cnc3cccc(OC)c3c2=O)CCC1. The number of hydrogen-bond acceptors (Lipinski definition) is 4. The maximum absolute atomic E-state index is 12.7. The Labute approximate surface area is 123 Å². The smallest absolute Gasteiger partial charge is 0.264 e. The molecule has 5 heteroatoms. The van der Waals surface area contributed by atoms with E-state index < -0.39 is 0 Å². The van der Waals surface area contributed by atoms with Crippen LogP contribution in [0.15, 0.2) is 29.3 Å². The van der Waals surface area contributed by atoms with Gasteiger partial charge >= 0.3 is 0 Å². The number of rotatable bonds is 5. The summed E-state index contributed by atoms with van der Waals surface area (Å²) in [7, 11) is 3.29. The van der Waals surface area contributed by atoms with Gasteiger partial charge in [-0.3, -0.25) is 9.36 Å². The van der Waals surface area contributed by atoms with E-state index in [0.717, 1.165) is 12.8 Å². The van der Waals surface area contributed by atoms with Gasteiger partial charge < -0.3 is 9.47 Å². The van der Waals surface area contributed by atoms with Crippen LogP contribution in [0.1, 0.15) is 19.3 Å². The predicted octanol–water partition coefficient (Wildman–Crippen LogP) is 2.22. The van der Waals surface area contributed by atoms with Crippen LogP contribution in [-0.2, 0) is 11.3 Å². The van der Waals surface area contributed by atoms with Crippen molar-refractivity contribution in [2.24, 2.45) is 5.41 Å². The standard InChI is InChI=1S/C16H20N2O3/c1-20-10-16(7-4-8-16)9-18-11-17-12-5-3-6-13(21-2)14(12)15(18)19/h3,5-6,11H,4,7-10H2,1-2H3. The van der Waals surface area contributed by atoms with Crippen molar-refractivity contribution in [3.8, 4) is 5.75 Å². The van der Waals surface area contributed by atoms with Crippen LogP contribution in [0.25, 0.3) is 10.9 Å². The molecule has 1 saturated carbocycles. The Bertz CT molecular complexity index is 704. The van der Waals surface area contributed by atoms with Gasteiger partial charge in [0.2, 0.25) is 0 Å². The quantitative estimate of drug-likeness (QED) is 0.846. The summed E-state index contributed by atoms with van der Waals surface area (Å²) in [6.45, 7) is 1.34. The van der Waals surface area contributed by atoms with Gasteiger partial charge in [-0.15, -0.1) is 0 Å². The molecule has 1 fully saturated rings. The highest BCUT2D eigenvalue weighted by Crippen LogP contribution is 2.42. The Hall–Kier alpha value is -1.88. The number of methoxy groups -OCH3 is 2. The van der Waals surface area contributed by atoms with Crippen LogP contribution in [0.4, 0.5) is 0 Å². The lowest BCUT2D eigenvalue weighted by Gasteiger charge is -2.41. The highest BCUT2D eigenvalue weighted by molar-refractivity contribution is 5.83. The third-order valence-electron chi connectivity index (χ3n) is 4.41. The minimum absolute atomic E-state index is 0.0418. The summed E-state index contributed by atoms with van der Waals surface area (Å²) >= 11 is 0. The number of aromatic nitrogens is 2. The fourth-order valence-electron chi connectivity index (χ4n) is 3.15. The van der Waals surface area contributed by atoms with Crippen LogP contribution in [-0.4, -0.2) is 30.4 Å². The number of ether oxygens (including phenoxy) is 2. The lowest BCUT2D eigenvalue weighted by Crippen LogP contribution is -2.41. The van der Waals surface area contributed by atoms with Crippen molar-refractivity contribution in [2.75, 3.05) is 20.8 Å². The van der Waals surface area contributed by atoms with Crippen LogP contribution in [0.3, 0.4) is 0 Å². The monoisotopic (exact) mass is 288 g/mol. The van der Waals surface area contributed by atoms with E-state index in [9.17, 15) is 4.79 Å². The molecule has 21 heavy (non-hydrogen) atoms. The molecule has 2 aromatic rings. The second-order valence-corrected chi connectivity index (χ2v) is 5.82. The molecule has 0 N–H and O–H groups in total. The third-order valence-corrected chi connectivity index (χ3v) is 4.41. The van der Waals surface area contributed by atoms with Gasteiger partial charge in [-0.1, -0.05) is 12.5 Å². The molecule has 0 amide bonds. The molecule has 0 aliphatic heterocycles. The molecular weight excluding hydrogens is 268 g/mol. The molecule has 0 radical (unpaired) electrons. The van der Waals surface area contributed by atoms with Crippen molar-refractivity contribution in [1.82, 2.24) is 9.55 Å². The maximum atomic E-state index is 12.7. The molecular formula is C16H20N2O3. The Morgan fingerprint density at radius 3 is 2.76 bits per heavy atom. The summed E-state index contributed by atoms with van der Waals surface area (Å²) in [5, 5.41) is 0.550. The lowest BCUT2D eigenvalue weighted by molar-refractivity contribution is 0.00253. The van der Waals surface area contributed by atoms with Gasteiger partial charge in [0.05, 0.1) is 25.6 Å². The summed E-state index contributed by atoms with van der Waals surface area (Å²) in [6, 6.07) is 5.47. The van der Waals surface area contributed by atoms with E-state index in [0.29, 0.717) is 29.8 Å². The van der Waals surface area contributed by atoms with Gasteiger partial charge in [-0.25, -0.2) is 4.98 Å². The first-order valence-electron chi connectivity index (χ1n) is 7.20. The molecule has 0 bridgehead atoms. The van der Waals surface area contributed by atoms with Gasteiger partial charge in [0.15, 0.2) is 0 Å². The van der Waals surface area contributed by atoms with Crippen LogP contribution in [0, 0.1) is 5.41 Å². The van der Waals surface area contributed by atoms with Crippen molar-refractivity contribution in [1.29, 1.82) is 0 Å². The van der Waals surface area contributed by atoms with Crippen LogP contribution in [0.5, 0.6) is 5.75 Å². The van der Waals surface area contributed by atoms with Crippen molar-refractivity contribution in [3.63, 3.8) is 0 Å².